The molecule has 0 aromatic carbocycles. The third kappa shape index (κ3) is 4.87. The summed E-state index contributed by atoms with van der Waals surface area (Å²) in [5.74, 6) is 0.908. The minimum absolute atomic E-state index is 0.132. The van der Waals surface area contributed by atoms with E-state index in [0.29, 0.717) is 29.9 Å². The first-order valence-electron chi connectivity index (χ1n) is 5.87. The largest absolute Gasteiger partial charge is 0.413 e. The van der Waals surface area contributed by atoms with E-state index in [9.17, 15) is 13.2 Å². The van der Waals surface area contributed by atoms with Gasteiger partial charge >= 0.3 is 6.18 Å². The number of ether oxygens (including phenoxy) is 1. The molecule has 0 spiro atoms. The highest BCUT2D eigenvalue weighted by Gasteiger charge is 2.23. The lowest BCUT2D eigenvalue weighted by Crippen LogP contribution is -2.00. The van der Waals surface area contributed by atoms with Gasteiger partial charge in [0.2, 0.25) is 5.89 Å². The molecule has 0 saturated carbocycles. The van der Waals surface area contributed by atoms with E-state index >= 15 is 0 Å². The van der Waals surface area contributed by atoms with E-state index in [4.69, 9.17) is 9.15 Å². The number of nitrogens with zero attached hydrogens (tertiary/aromatic N) is 2. The number of thioether (sulfide) groups is 1. The quantitative estimate of drug-likeness (QED) is 0.472. The van der Waals surface area contributed by atoms with E-state index in [1.54, 1.807) is 0 Å². The van der Waals surface area contributed by atoms with Crippen LogP contribution >= 0.6 is 11.8 Å². The van der Waals surface area contributed by atoms with Crippen LogP contribution in [0.25, 0.3) is 0 Å². The molecule has 0 radical (unpaired) electrons. The summed E-state index contributed by atoms with van der Waals surface area (Å²) in [7, 11) is 0. The van der Waals surface area contributed by atoms with Crippen molar-refractivity contribution in [3.63, 3.8) is 0 Å². The van der Waals surface area contributed by atoms with E-state index < -0.39 is 6.18 Å². The number of aromatic nitrogens is 2. The Hall–Kier alpha value is -1.02. The predicted octanol–water partition coefficient (Wildman–Crippen LogP) is 3.52. The summed E-state index contributed by atoms with van der Waals surface area (Å²) >= 11 is 1.24. The minimum Gasteiger partial charge on any atom is -0.413 e. The van der Waals surface area contributed by atoms with Crippen LogP contribution < -0.4 is 0 Å². The zero-order valence-electron chi connectivity index (χ0n) is 10.0. The van der Waals surface area contributed by atoms with E-state index in [2.05, 4.69) is 10.2 Å². The van der Waals surface area contributed by atoms with Gasteiger partial charge in [-0.15, -0.1) is 10.2 Å². The van der Waals surface area contributed by atoms with E-state index in [1.165, 1.54) is 11.8 Å². The van der Waals surface area contributed by atoms with Gasteiger partial charge in [0.15, 0.2) is 0 Å². The molecule has 4 nitrogen and oxygen atoms in total. The Kier molecular flexibility index (Phi) is 4.87. The van der Waals surface area contributed by atoms with Crippen LogP contribution in [0.15, 0.2) is 21.8 Å². The number of halogens is 3. The SMILES string of the molecule is FC(F)(F)C=CCCSc1nnc(C2CCCO2)o1. The molecule has 1 atom stereocenters. The Labute approximate surface area is 112 Å². The molecule has 2 heterocycles. The highest BCUT2D eigenvalue weighted by molar-refractivity contribution is 7.99. The lowest BCUT2D eigenvalue weighted by molar-refractivity contribution is -0.0800. The standard InChI is InChI=1S/C11H13F3N2O2S/c12-11(13,14)5-1-2-7-19-10-16-15-9(18-10)8-4-3-6-17-8/h1,5,8H,2-4,6-7H2. The zero-order chi connectivity index (χ0) is 13.7. The molecule has 106 valence electrons. The minimum atomic E-state index is -4.25. The molecule has 0 amide bonds. The molecular formula is C11H13F3N2O2S. The van der Waals surface area contributed by atoms with Crippen LogP contribution in [0.2, 0.25) is 0 Å². The summed E-state index contributed by atoms with van der Waals surface area (Å²) < 4.78 is 46.3. The van der Waals surface area contributed by atoms with E-state index in [0.717, 1.165) is 18.9 Å². The average molecular weight is 294 g/mol. The summed E-state index contributed by atoms with van der Waals surface area (Å²) in [5.41, 5.74) is 0. The van der Waals surface area contributed by atoms with Crippen molar-refractivity contribution < 1.29 is 22.3 Å². The molecule has 2 rings (SSSR count). The van der Waals surface area contributed by atoms with Gasteiger partial charge in [-0.05, 0) is 19.3 Å². The highest BCUT2D eigenvalue weighted by Crippen LogP contribution is 2.29. The summed E-state index contributed by atoms with van der Waals surface area (Å²) in [6.07, 6.45) is -0.932. The summed E-state index contributed by atoms with van der Waals surface area (Å²) in [6.45, 7) is 0.692. The Morgan fingerprint density at radius 3 is 2.89 bits per heavy atom. The van der Waals surface area contributed by atoms with Crippen molar-refractivity contribution >= 4 is 11.8 Å². The maximum atomic E-state index is 11.8. The van der Waals surface area contributed by atoms with Gasteiger partial charge in [0, 0.05) is 18.4 Å². The van der Waals surface area contributed by atoms with Crippen molar-refractivity contribution in [2.45, 2.75) is 36.8 Å². The molecule has 1 aliphatic rings. The molecule has 0 bridgehead atoms. The third-order valence-electron chi connectivity index (χ3n) is 2.44. The molecule has 1 saturated heterocycles. The Balaban J connectivity index is 1.73. The first-order valence-corrected chi connectivity index (χ1v) is 6.85. The lowest BCUT2D eigenvalue weighted by atomic mass is 10.2. The number of hydrogen-bond acceptors (Lipinski definition) is 5. The van der Waals surface area contributed by atoms with Crippen LogP contribution in [0, 0.1) is 0 Å². The Morgan fingerprint density at radius 2 is 2.21 bits per heavy atom. The molecule has 1 aliphatic heterocycles. The van der Waals surface area contributed by atoms with Crippen LogP contribution in [-0.4, -0.2) is 28.7 Å². The van der Waals surface area contributed by atoms with Gasteiger partial charge in [0.25, 0.3) is 5.22 Å². The molecule has 0 aliphatic carbocycles. The fourth-order valence-electron chi connectivity index (χ4n) is 1.61. The molecular weight excluding hydrogens is 281 g/mol. The molecule has 1 aromatic heterocycles. The second kappa shape index (κ2) is 6.42. The van der Waals surface area contributed by atoms with Crippen molar-refractivity contribution in [2.24, 2.45) is 0 Å². The Morgan fingerprint density at radius 1 is 1.37 bits per heavy atom. The fraction of sp³-hybridized carbons (Fsp3) is 0.636. The van der Waals surface area contributed by atoms with Gasteiger partial charge in [0.1, 0.15) is 6.10 Å². The Bertz CT molecular complexity index is 428. The van der Waals surface area contributed by atoms with Crippen LogP contribution in [0.5, 0.6) is 0 Å². The van der Waals surface area contributed by atoms with E-state index in [-0.39, 0.29) is 12.2 Å². The second-order valence-corrected chi connectivity index (χ2v) is 5.04. The summed E-state index contributed by atoms with van der Waals surface area (Å²) in [5, 5.41) is 8.07. The van der Waals surface area contributed by atoms with Gasteiger partial charge in [-0.25, -0.2) is 0 Å². The first kappa shape index (κ1) is 14.4. The van der Waals surface area contributed by atoms with Gasteiger partial charge in [0.05, 0.1) is 0 Å². The number of allylic oxidation sites excluding steroid dienone is 2. The molecule has 0 N–H and O–H groups in total. The maximum absolute atomic E-state index is 11.8. The second-order valence-electron chi connectivity index (χ2n) is 3.99. The van der Waals surface area contributed by atoms with Gasteiger partial charge in [-0.3, -0.25) is 0 Å². The van der Waals surface area contributed by atoms with Gasteiger partial charge in [-0.2, -0.15) is 13.2 Å². The monoisotopic (exact) mass is 294 g/mol. The summed E-state index contributed by atoms with van der Waals surface area (Å²) in [6, 6.07) is 0. The van der Waals surface area contributed by atoms with Crippen molar-refractivity contribution in [1.82, 2.24) is 10.2 Å². The number of rotatable bonds is 5. The van der Waals surface area contributed by atoms with Crippen LogP contribution in [0.3, 0.4) is 0 Å². The van der Waals surface area contributed by atoms with Crippen molar-refractivity contribution in [2.75, 3.05) is 12.4 Å². The van der Waals surface area contributed by atoms with Crippen LogP contribution in [0.4, 0.5) is 13.2 Å². The van der Waals surface area contributed by atoms with Crippen LogP contribution in [0.1, 0.15) is 31.3 Å². The van der Waals surface area contributed by atoms with Crippen LogP contribution in [-0.2, 0) is 4.74 Å². The normalized spacial score (nSPS) is 20.5. The van der Waals surface area contributed by atoms with Crippen molar-refractivity contribution in [3.05, 3.63) is 18.0 Å². The smallest absolute Gasteiger partial charge is 0.409 e. The molecule has 1 fully saturated rings. The fourth-order valence-corrected chi connectivity index (χ4v) is 2.28. The molecule has 1 unspecified atom stereocenters. The molecule has 1 aromatic rings. The lowest BCUT2D eigenvalue weighted by Gasteiger charge is -2.01. The number of hydrogen-bond donors (Lipinski definition) is 0. The topological polar surface area (TPSA) is 48.2 Å². The maximum Gasteiger partial charge on any atom is 0.409 e. The first-order chi connectivity index (χ1) is 9.04. The van der Waals surface area contributed by atoms with Gasteiger partial charge < -0.3 is 9.15 Å². The van der Waals surface area contributed by atoms with Crippen molar-refractivity contribution in [1.29, 1.82) is 0 Å². The number of alkyl halides is 3. The summed E-state index contributed by atoms with van der Waals surface area (Å²) in [4.78, 5) is 0. The average Bonchev–Trinajstić information content (AvgIpc) is 2.97. The van der Waals surface area contributed by atoms with Crippen molar-refractivity contribution in [3.8, 4) is 0 Å². The van der Waals surface area contributed by atoms with E-state index in [1.807, 2.05) is 0 Å². The predicted molar refractivity (Wildman–Crippen MR) is 62.8 cm³/mol. The molecule has 8 heteroatoms. The third-order valence-corrected chi connectivity index (χ3v) is 3.30. The van der Waals surface area contributed by atoms with Gasteiger partial charge in [-0.1, -0.05) is 17.8 Å². The zero-order valence-corrected chi connectivity index (χ0v) is 10.8. The molecule has 19 heavy (non-hydrogen) atoms. The highest BCUT2D eigenvalue weighted by atomic mass is 32.2.